The van der Waals surface area contributed by atoms with Crippen LogP contribution in [0.15, 0.2) is 65.8 Å². The number of anilines is 2. The van der Waals surface area contributed by atoms with Gasteiger partial charge in [-0.15, -0.1) is 0 Å². The third-order valence-electron chi connectivity index (χ3n) is 3.83. The topological polar surface area (TPSA) is 84.0 Å². The molecule has 2 heterocycles. The van der Waals surface area contributed by atoms with Gasteiger partial charge in [-0.05, 0) is 55.3 Å². The monoisotopic (exact) mass is 368 g/mol. The van der Waals surface area contributed by atoms with E-state index in [0.717, 1.165) is 11.3 Å². The summed E-state index contributed by atoms with van der Waals surface area (Å²) >= 11 is 0. The lowest BCUT2D eigenvalue weighted by Crippen LogP contribution is -2.14. The largest absolute Gasteiger partial charge is 0.364 e. The van der Waals surface area contributed by atoms with Crippen molar-refractivity contribution in [1.29, 1.82) is 0 Å². The minimum absolute atomic E-state index is 0.273. The lowest BCUT2D eigenvalue weighted by Gasteiger charge is -2.11. The molecule has 2 aromatic heterocycles. The van der Waals surface area contributed by atoms with Crippen LogP contribution in [0.2, 0.25) is 0 Å². The molecule has 3 aromatic rings. The average molecular weight is 368 g/mol. The standard InChI is InChI=1S/C19H20N4O2S/c1-14-6-7-15(2)18(11-14)26(24,25)23-17-8-9-19(22-13-17)21-12-16-5-3-4-10-20-16/h3-11,13,23H,12H2,1-2H3,(H,21,22). The quantitative estimate of drug-likeness (QED) is 0.696. The van der Waals surface area contributed by atoms with Crippen LogP contribution in [0.4, 0.5) is 11.5 Å². The van der Waals surface area contributed by atoms with Gasteiger partial charge in [-0.25, -0.2) is 13.4 Å². The molecule has 0 fully saturated rings. The molecule has 26 heavy (non-hydrogen) atoms. The molecule has 0 saturated heterocycles. The van der Waals surface area contributed by atoms with E-state index in [-0.39, 0.29) is 4.90 Å². The molecule has 0 amide bonds. The summed E-state index contributed by atoms with van der Waals surface area (Å²) in [5.74, 6) is 0.644. The number of aryl methyl sites for hydroxylation is 2. The first-order valence-electron chi connectivity index (χ1n) is 8.14. The SMILES string of the molecule is Cc1ccc(C)c(S(=O)(=O)Nc2ccc(NCc3ccccn3)nc2)c1. The lowest BCUT2D eigenvalue weighted by atomic mass is 10.2. The lowest BCUT2D eigenvalue weighted by molar-refractivity contribution is 0.600. The van der Waals surface area contributed by atoms with Gasteiger partial charge in [-0.1, -0.05) is 18.2 Å². The van der Waals surface area contributed by atoms with Crippen molar-refractivity contribution in [3.63, 3.8) is 0 Å². The summed E-state index contributed by atoms with van der Waals surface area (Å²) < 4.78 is 27.8. The number of pyridine rings is 2. The van der Waals surface area contributed by atoms with Gasteiger partial charge in [-0.3, -0.25) is 9.71 Å². The number of nitrogens with one attached hydrogen (secondary N) is 2. The van der Waals surface area contributed by atoms with Crippen molar-refractivity contribution in [3.05, 3.63) is 77.7 Å². The number of hydrogen-bond acceptors (Lipinski definition) is 5. The number of hydrogen-bond donors (Lipinski definition) is 2. The van der Waals surface area contributed by atoms with Crippen molar-refractivity contribution >= 4 is 21.5 Å². The molecular weight excluding hydrogens is 348 g/mol. The van der Waals surface area contributed by atoms with Crippen LogP contribution in [0, 0.1) is 13.8 Å². The van der Waals surface area contributed by atoms with Gasteiger partial charge < -0.3 is 5.32 Å². The van der Waals surface area contributed by atoms with E-state index in [1.807, 2.05) is 31.2 Å². The Hall–Kier alpha value is -2.93. The predicted octanol–water partition coefficient (Wildman–Crippen LogP) is 3.51. The van der Waals surface area contributed by atoms with Crippen LogP contribution in [0.5, 0.6) is 0 Å². The molecule has 0 saturated carbocycles. The van der Waals surface area contributed by atoms with Crippen molar-refractivity contribution in [2.75, 3.05) is 10.0 Å². The van der Waals surface area contributed by atoms with Crippen LogP contribution >= 0.6 is 0 Å². The smallest absolute Gasteiger partial charge is 0.262 e. The third kappa shape index (κ3) is 4.37. The van der Waals surface area contributed by atoms with E-state index < -0.39 is 10.0 Å². The summed E-state index contributed by atoms with van der Waals surface area (Å²) in [7, 11) is -3.66. The molecule has 6 nitrogen and oxygen atoms in total. The predicted molar refractivity (Wildman–Crippen MR) is 103 cm³/mol. The van der Waals surface area contributed by atoms with Gasteiger partial charge in [-0.2, -0.15) is 0 Å². The molecule has 0 atom stereocenters. The Balaban J connectivity index is 1.69. The Labute approximate surface area is 153 Å². The van der Waals surface area contributed by atoms with Crippen molar-refractivity contribution < 1.29 is 8.42 Å². The molecule has 0 bridgehead atoms. The average Bonchev–Trinajstić information content (AvgIpc) is 2.64. The fraction of sp³-hybridized carbons (Fsp3) is 0.158. The van der Waals surface area contributed by atoms with Crippen molar-refractivity contribution in [2.24, 2.45) is 0 Å². The summed E-state index contributed by atoms with van der Waals surface area (Å²) in [4.78, 5) is 8.75. The number of benzene rings is 1. The maximum Gasteiger partial charge on any atom is 0.262 e. The summed E-state index contributed by atoms with van der Waals surface area (Å²) in [5, 5.41) is 3.15. The Morgan fingerprint density at radius 1 is 1.00 bits per heavy atom. The summed E-state index contributed by atoms with van der Waals surface area (Å²) in [6.45, 7) is 4.18. The Bertz CT molecular complexity index is 988. The number of aromatic nitrogens is 2. The number of sulfonamides is 1. The zero-order valence-corrected chi connectivity index (χ0v) is 15.4. The van der Waals surface area contributed by atoms with Gasteiger partial charge in [0.1, 0.15) is 5.82 Å². The Morgan fingerprint density at radius 2 is 1.85 bits per heavy atom. The van der Waals surface area contributed by atoms with Crippen LogP contribution in [0.25, 0.3) is 0 Å². The van der Waals surface area contributed by atoms with Gasteiger partial charge in [0.05, 0.1) is 29.0 Å². The van der Waals surface area contributed by atoms with Gasteiger partial charge >= 0.3 is 0 Å². The van der Waals surface area contributed by atoms with Gasteiger partial charge in [0.2, 0.25) is 0 Å². The second-order valence-electron chi connectivity index (χ2n) is 5.98. The van der Waals surface area contributed by atoms with E-state index in [0.29, 0.717) is 23.6 Å². The Kier molecular flexibility index (Phi) is 5.18. The maximum absolute atomic E-state index is 12.6. The summed E-state index contributed by atoms with van der Waals surface area (Å²) in [6.07, 6.45) is 3.22. The van der Waals surface area contributed by atoms with E-state index >= 15 is 0 Å². The molecular formula is C19H20N4O2S. The molecule has 3 rings (SSSR count). The third-order valence-corrected chi connectivity index (χ3v) is 5.35. The zero-order valence-electron chi connectivity index (χ0n) is 14.6. The highest BCUT2D eigenvalue weighted by Gasteiger charge is 2.17. The molecule has 0 unspecified atom stereocenters. The molecule has 0 aliphatic carbocycles. The molecule has 1 aromatic carbocycles. The van der Waals surface area contributed by atoms with Crippen LogP contribution in [-0.2, 0) is 16.6 Å². The van der Waals surface area contributed by atoms with Crippen LogP contribution in [0.3, 0.4) is 0 Å². The summed E-state index contributed by atoms with van der Waals surface area (Å²) in [5.41, 5.74) is 2.90. The van der Waals surface area contributed by atoms with E-state index in [1.54, 1.807) is 37.4 Å². The highest BCUT2D eigenvalue weighted by atomic mass is 32.2. The van der Waals surface area contributed by atoms with Crippen molar-refractivity contribution in [2.45, 2.75) is 25.3 Å². The first-order valence-corrected chi connectivity index (χ1v) is 9.62. The minimum atomic E-state index is -3.66. The van der Waals surface area contributed by atoms with E-state index in [4.69, 9.17) is 0 Å². The minimum Gasteiger partial charge on any atom is -0.364 e. The molecule has 0 radical (unpaired) electrons. The second-order valence-corrected chi connectivity index (χ2v) is 7.63. The van der Waals surface area contributed by atoms with Gasteiger partial charge in [0.25, 0.3) is 10.0 Å². The normalized spacial score (nSPS) is 11.2. The van der Waals surface area contributed by atoms with E-state index in [1.165, 1.54) is 6.20 Å². The molecule has 0 aliphatic heterocycles. The van der Waals surface area contributed by atoms with E-state index in [2.05, 4.69) is 20.0 Å². The van der Waals surface area contributed by atoms with Gasteiger partial charge in [0.15, 0.2) is 0 Å². The number of nitrogens with zero attached hydrogens (tertiary/aromatic N) is 2. The molecule has 7 heteroatoms. The first-order chi connectivity index (χ1) is 12.4. The maximum atomic E-state index is 12.6. The van der Waals surface area contributed by atoms with Crippen molar-refractivity contribution in [1.82, 2.24) is 9.97 Å². The highest BCUT2D eigenvalue weighted by molar-refractivity contribution is 7.92. The number of rotatable bonds is 6. The second kappa shape index (κ2) is 7.53. The Morgan fingerprint density at radius 3 is 2.54 bits per heavy atom. The van der Waals surface area contributed by atoms with Crippen molar-refractivity contribution in [3.8, 4) is 0 Å². The van der Waals surface area contributed by atoms with Gasteiger partial charge in [0, 0.05) is 6.20 Å². The van der Waals surface area contributed by atoms with Crippen LogP contribution in [-0.4, -0.2) is 18.4 Å². The molecule has 2 N–H and O–H groups in total. The first kappa shape index (κ1) is 17.9. The highest BCUT2D eigenvalue weighted by Crippen LogP contribution is 2.21. The fourth-order valence-corrected chi connectivity index (χ4v) is 3.82. The molecule has 0 aliphatic rings. The molecule has 0 spiro atoms. The fourth-order valence-electron chi connectivity index (χ4n) is 2.45. The van der Waals surface area contributed by atoms with Crippen LogP contribution < -0.4 is 10.0 Å². The summed E-state index contributed by atoms with van der Waals surface area (Å²) in [6, 6.07) is 14.4. The molecule has 134 valence electrons. The van der Waals surface area contributed by atoms with Crippen LogP contribution in [0.1, 0.15) is 16.8 Å². The zero-order chi connectivity index (χ0) is 18.6. The van der Waals surface area contributed by atoms with E-state index in [9.17, 15) is 8.42 Å².